The fourth-order valence-electron chi connectivity index (χ4n) is 1.63. The maximum absolute atomic E-state index is 9.58. The number of aliphatic hydroxyl groups excluding tert-OH is 1. The second-order valence-electron chi connectivity index (χ2n) is 3.62. The van der Waals surface area contributed by atoms with E-state index in [2.05, 4.69) is 38.0 Å². The van der Waals surface area contributed by atoms with Crippen LogP contribution in [0.2, 0.25) is 0 Å². The molecule has 0 bridgehead atoms. The van der Waals surface area contributed by atoms with Gasteiger partial charge in [0.05, 0.1) is 6.10 Å². The number of rotatable bonds is 1. The highest BCUT2D eigenvalue weighted by atomic mass is 79.9. The number of anilines is 1. The van der Waals surface area contributed by atoms with Crippen molar-refractivity contribution in [2.75, 3.05) is 18.0 Å². The van der Waals surface area contributed by atoms with Crippen molar-refractivity contribution in [1.29, 1.82) is 0 Å². The van der Waals surface area contributed by atoms with Crippen LogP contribution in [-0.2, 0) is 0 Å². The van der Waals surface area contributed by atoms with Crippen LogP contribution in [0.5, 0.6) is 0 Å². The van der Waals surface area contributed by atoms with E-state index < -0.39 is 0 Å². The predicted molar refractivity (Wildman–Crippen MR) is 59.6 cm³/mol. The van der Waals surface area contributed by atoms with Crippen molar-refractivity contribution in [2.24, 2.45) is 5.92 Å². The molecule has 0 aromatic carbocycles. The van der Waals surface area contributed by atoms with Crippen molar-refractivity contribution < 1.29 is 5.11 Å². The van der Waals surface area contributed by atoms with Gasteiger partial charge in [0.25, 0.3) is 0 Å². The Kier molecular flexibility index (Phi) is 3.04. The van der Waals surface area contributed by atoms with Gasteiger partial charge < -0.3 is 10.0 Å². The van der Waals surface area contributed by atoms with Crippen LogP contribution < -0.4 is 4.90 Å². The minimum absolute atomic E-state index is 0.164. The van der Waals surface area contributed by atoms with Crippen molar-refractivity contribution in [2.45, 2.75) is 19.4 Å². The molecule has 1 fully saturated rings. The van der Waals surface area contributed by atoms with Crippen molar-refractivity contribution in [3.63, 3.8) is 0 Å². The number of aliphatic hydroxyl groups is 1. The second-order valence-corrected chi connectivity index (χ2v) is 5.85. The molecule has 1 aliphatic heterocycles. The number of aromatic nitrogens is 2. The molecule has 6 heteroatoms. The molecule has 1 aromatic heterocycles. The molecule has 2 heterocycles. The highest BCUT2D eigenvalue weighted by Crippen LogP contribution is 2.28. The maximum Gasteiger partial charge on any atom is 0.209 e. The monoisotopic (exact) mass is 277 g/mol. The van der Waals surface area contributed by atoms with Gasteiger partial charge in [0, 0.05) is 13.1 Å². The van der Waals surface area contributed by atoms with Gasteiger partial charge in [-0.25, -0.2) is 0 Å². The number of hydrogen-bond donors (Lipinski definition) is 1. The lowest BCUT2D eigenvalue weighted by Gasteiger charge is -2.33. The molecule has 4 nitrogen and oxygen atoms in total. The van der Waals surface area contributed by atoms with Crippen LogP contribution in [0, 0.1) is 5.92 Å². The van der Waals surface area contributed by atoms with E-state index in [9.17, 15) is 5.11 Å². The molecule has 0 radical (unpaired) electrons. The summed E-state index contributed by atoms with van der Waals surface area (Å²) in [5, 5.41) is 18.5. The Morgan fingerprint density at radius 3 is 2.93 bits per heavy atom. The molecule has 0 amide bonds. The van der Waals surface area contributed by atoms with Gasteiger partial charge >= 0.3 is 0 Å². The molecular formula is C8H12BrN3OS. The second kappa shape index (κ2) is 4.12. The standard InChI is InChI=1S/C8H12BrN3OS/c1-5-4-12(3-2-6(5)13)8-11-10-7(9)14-8/h5-6,13H,2-4H2,1H3. The molecule has 1 saturated heterocycles. The van der Waals surface area contributed by atoms with Gasteiger partial charge in [-0.2, -0.15) is 0 Å². The fraction of sp³-hybridized carbons (Fsp3) is 0.750. The van der Waals surface area contributed by atoms with E-state index >= 15 is 0 Å². The number of nitrogens with zero attached hydrogens (tertiary/aromatic N) is 3. The van der Waals surface area contributed by atoms with Crippen LogP contribution in [0.15, 0.2) is 3.92 Å². The molecular weight excluding hydrogens is 266 g/mol. The van der Waals surface area contributed by atoms with Gasteiger partial charge in [0.2, 0.25) is 5.13 Å². The number of piperidine rings is 1. The third-order valence-corrected chi connectivity index (χ3v) is 3.94. The summed E-state index contributed by atoms with van der Waals surface area (Å²) < 4.78 is 0.811. The van der Waals surface area contributed by atoms with Gasteiger partial charge in [0.1, 0.15) is 0 Å². The molecule has 14 heavy (non-hydrogen) atoms. The van der Waals surface area contributed by atoms with Crippen LogP contribution in [0.3, 0.4) is 0 Å². The molecule has 2 unspecified atom stereocenters. The van der Waals surface area contributed by atoms with Crippen LogP contribution in [0.1, 0.15) is 13.3 Å². The van der Waals surface area contributed by atoms with E-state index in [0.717, 1.165) is 28.6 Å². The first-order chi connectivity index (χ1) is 6.66. The zero-order valence-electron chi connectivity index (χ0n) is 7.85. The fourth-order valence-corrected chi connectivity index (χ4v) is 2.76. The normalized spacial score (nSPS) is 28.1. The molecule has 0 spiro atoms. The minimum Gasteiger partial charge on any atom is -0.393 e. The first kappa shape index (κ1) is 10.3. The Morgan fingerprint density at radius 2 is 2.36 bits per heavy atom. The largest absolute Gasteiger partial charge is 0.393 e. The van der Waals surface area contributed by atoms with E-state index in [1.54, 1.807) is 0 Å². The van der Waals surface area contributed by atoms with E-state index in [-0.39, 0.29) is 6.10 Å². The summed E-state index contributed by atoms with van der Waals surface area (Å²) in [5.41, 5.74) is 0. The van der Waals surface area contributed by atoms with Gasteiger partial charge in [-0.15, -0.1) is 10.2 Å². The van der Waals surface area contributed by atoms with Gasteiger partial charge in [-0.3, -0.25) is 0 Å². The number of halogens is 1. The minimum atomic E-state index is -0.164. The summed E-state index contributed by atoms with van der Waals surface area (Å²) >= 11 is 4.83. The summed E-state index contributed by atoms with van der Waals surface area (Å²) in [7, 11) is 0. The maximum atomic E-state index is 9.58. The summed E-state index contributed by atoms with van der Waals surface area (Å²) in [6, 6.07) is 0. The average Bonchev–Trinajstić information content (AvgIpc) is 2.57. The topological polar surface area (TPSA) is 49.2 Å². The molecule has 1 aromatic rings. The van der Waals surface area contributed by atoms with Gasteiger partial charge in [-0.05, 0) is 28.3 Å². The average molecular weight is 278 g/mol. The van der Waals surface area contributed by atoms with Gasteiger partial charge in [0.15, 0.2) is 3.92 Å². The van der Waals surface area contributed by atoms with Crippen molar-refractivity contribution in [1.82, 2.24) is 10.2 Å². The van der Waals surface area contributed by atoms with Crippen molar-refractivity contribution >= 4 is 32.4 Å². The van der Waals surface area contributed by atoms with E-state index in [0.29, 0.717) is 5.92 Å². The van der Waals surface area contributed by atoms with Crippen LogP contribution >= 0.6 is 27.3 Å². The Bertz CT molecular complexity index is 319. The zero-order chi connectivity index (χ0) is 10.1. The summed E-state index contributed by atoms with van der Waals surface area (Å²) in [5.74, 6) is 0.312. The lowest BCUT2D eigenvalue weighted by atomic mass is 9.97. The predicted octanol–water partition coefficient (Wildman–Crippen LogP) is 1.51. The van der Waals surface area contributed by atoms with Gasteiger partial charge in [-0.1, -0.05) is 18.3 Å². The molecule has 2 rings (SSSR count). The summed E-state index contributed by atoms with van der Waals surface area (Å²) in [4.78, 5) is 2.18. The molecule has 2 atom stereocenters. The Balaban J connectivity index is 2.06. The molecule has 1 aliphatic rings. The molecule has 1 N–H and O–H groups in total. The van der Waals surface area contributed by atoms with Crippen molar-refractivity contribution in [3.8, 4) is 0 Å². The van der Waals surface area contributed by atoms with E-state index in [1.165, 1.54) is 11.3 Å². The Morgan fingerprint density at radius 1 is 1.57 bits per heavy atom. The molecule has 0 saturated carbocycles. The molecule has 0 aliphatic carbocycles. The third-order valence-electron chi connectivity index (χ3n) is 2.52. The first-order valence-electron chi connectivity index (χ1n) is 4.59. The smallest absolute Gasteiger partial charge is 0.209 e. The van der Waals surface area contributed by atoms with E-state index in [1.807, 2.05) is 0 Å². The highest BCUT2D eigenvalue weighted by molar-refractivity contribution is 9.11. The number of hydrogen-bond acceptors (Lipinski definition) is 5. The van der Waals surface area contributed by atoms with Crippen LogP contribution in [-0.4, -0.2) is 34.5 Å². The highest BCUT2D eigenvalue weighted by Gasteiger charge is 2.25. The first-order valence-corrected chi connectivity index (χ1v) is 6.20. The zero-order valence-corrected chi connectivity index (χ0v) is 10.3. The quantitative estimate of drug-likeness (QED) is 0.846. The summed E-state index contributed by atoms with van der Waals surface area (Å²) in [6.45, 7) is 3.79. The van der Waals surface area contributed by atoms with E-state index in [4.69, 9.17) is 0 Å². The van der Waals surface area contributed by atoms with Crippen LogP contribution in [0.4, 0.5) is 5.13 Å². The molecule has 78 valence electrons. The lowest BCUT2D eigenvalue weighted by molar-refractivity contribution is 0.0970. The van der Waals surface area contributed by atoms with Crippen LogP contribution in [0.25, 0.3) is 0 Å². The Hall–Kier alpha value is -0.200. The van der Waals surface area contributed by atoms with Crippen molar-refractivity contribution in [3.05, 3.63) is 3.92 Å². The summed E-state index contributed by atoms with van der Waals surface area (Å²) in [6.07, 6.45) is 0.654. The third kappa shape index (κ3) is 2.07. The lowest BCUT2D eigenvalue weighted by Crippen LogP contribution is -2.41. The Labute approximate surface area is 95.1 Å². The SMILES string of the molecule is CC1CN(c2nnc(Br)s2)CCC1O.